The number of benzene rings is 1. The molecule has 0 fully saturated rings. The van der Waals surface area contributed by atoms with E-state index in [1.54, 1.807) is 0 Å². The number of hydrazine groups is 1. The summed E-state index contributed by atoms with van der Waals surface area (Å²) in [6.45, 7) is 0. The van der Waals surface area contributed by atoms with Crippen LogP contribution in [0.3, 0.4) is 0 Å². The average Bonchev–Trinajstić information content (AvgIpc) is 2.39. The molecule has 0 bridgehead atoms. The number of carboxylic acids is 1. The van der Waals surface area contributed by atoms with Gasteiger partial charge in [0.2, 0.25) is 0 Å². The first-order valence-corrected chi connectivity index (χ1v) is 6.92. The van der Waals surface area contributed by atoms with E-state index in [9.17, 15) is 4.79 Å². The van der Waals surface area contributed by atoms with Crippen molar-refractivity contribution in [3.63, 3.8) is 0 Å². The van der Waals surface area contributed by atoms with Gasteiger partial charge in [-0.3, -0.25) is 5.84 Å². The molecule has 102 valence electrons. The lowest BCUT2D eigenvalue weighted by Crippen LogP contribution is -2.29. The number of hydrogen-bond donors (Lipinski definition) is 4. The maximum Gasteiger partial charge on any atom is 0.356 e. The number of fused-ring (bicyclic) bond motifs is 1. The van der Waals surface area contributed by atoms with E-state index < -0.39 is 5.97 Å². The Morgan fingerprint density at radius 3 is 2.58 bits per heavy atom. The summed E-state index contributed by atoms with van der Waals surface area (Å²) >= 11 is 1.21. The van der Waals surface area contributed by atoms with Crippen molar-refractivity contribution in [1.29, 1.82) is 0 Å². The Bertz CT molecular complexity index is 529. The molecule has 0 saturated heterocycles. The molecule has 0 heterocycles. The summed E-state index contributed by atoms with van der Waals surface area (Å²) in [5.41, 5.74) is 10.4. The number of rotatable bonds is 4. The number of thioether (sulfide) groups is 1. The molecule has 6 N–H and O–H groups in total. The average molecular weight is 279 g/mol. The van der Waals surface area contributed by atoms with Gasteiger partial charge in [0, 0.05) is 4.90 Å². The second kappa shape index (κ2) is 5.99. The van der Waals surface area contributed by atoms with Crippen LogP contribution in [0.1, 0.15) is 24.0 Å². The van der Waals surface area contributed by atoms with Gasteiger partial charge >= 0.3 is 5.97 Å². The Balaban J connectivity index is 2.21. The smallest absolute Gasteiger partial charge is 0.356 e. The minimum absolute atomic E-state index is 0.158. The molecule has 0 atom stereocenters. The number of aliphatic carboxylic acids is 1. The van der Waals surface area contributed by atoms with Gasteiger partial charge in [-0.15, -0.1) is 0 Å². The Kier molecular flexibility index (Phi) is 4.34. The third-order valence-corrected chi connectivity index (χ3v) is 4.07. The largest absolute Gasteiger partial charge is 0.476 e. The molecular formula is C13H17N3O2S. The van der Waals surface area contributed by atoms with Gasteiger partial charge in [0.15, 0.2) is 5.70 Å². The molecule has 1 aliphatic rings. The predicted molar refractivity (Wildman–Crippen MR) is 75.1 cm³/mol. The van der Waals surface area contributed by atoms with Crippen LogP contribution in [0.15, 0.2) is 33.8 Å². The van der Waals surface area contributed by atoms with E-state index in [4.69, 9.17) is 16.7 Å². The molecule has 0 saturated carbocycles. The maximum absolute atomic E-state index is 10.9. The summed E-state index contributed by atoms with van der Waals surface area (Å²) in [7, 11) is 0. The van der Waals surface area contributed by atoms with E-state index in [1.807, 2.05) is 6.07 Å². The van der Waals surface area contributed by atoms with E-state index in [1.165, 1.54) is 35.7 Å². The third kappa shape index (κ3) is 3.21. The van der Waals surface area contributed by atoms with Crippen LogP contribution in [0, 0.1) is 0 Å². The molecule has 1 aromatic carbocycles. The number of hydrogen-bond acceptors (Lipinski definition) is 5. The van der Waals surface area contributed by atoms with Crippen LogP contribution in [0.25, 0.3) is 0 Å². The van der Waals surface area contributed by atoms with Gasteiger partial charge in [-0.2, -0.15) is 0 Å². The zero-order chi connectivity index (χ0) is 13.8. The second-order valence-corrected chi connectivity index (χ2v) is 5.54. The molecular weight excluding hydrogens is 262 g/mol. The molecule has 0 radical (unpaired) electrons. The molecule has 19 heavy (non-hydrogen) atoms. The summed E-state index contributed by atoms with van der Waals surface area (Å²) in [6.07, 6.45) is 4.64. The first-order chi connectivity index (χ1) is 9.11. The fraction of sp³-hybridized carbons (Fsp3) is 0.308. The van der Waals surface area contributed by atoms with Crippen LogP contribution in [0.5, 0.6) is 0 Å². The van der Waals surface area contributed by atoms with Gasteiger partial charge in [0.1, 0.15) is 5.03 Å². The summed E-state index contributed by atoms with van der Waals surface area (Å²) in [6, 6.07) is 6.15. The van der Waals surface area contributed by atoms with Crippen molar-refractivity contribution in [1.82, 2.24) is 5.43 Å². The fourth-order valence-electron chi connectivity index (χ4n) is 2.19. The lowest BCUT2D eigenvalue weighted by Gasteiger charge is -2.16. The van der Waals surface area contributed by atoms with Gasteiger partial charge < -0.3 is 16.3 Å². The molecule has 6 heteroatoms. The minimum atomic E-state index is -1.16. The zero-order valence-electron chi connectivity index (χ0n) is 10.5. The van der Waals surface area contributed by atoms with Crippen molar-refractivity contribution in [3.8, 4) is 0 Å². The second-order valence-electron chi connectivity index (χ2n) is 4.43. The van der Waals surface area contributed by atoms with E-state index in [2.05, 4.69) is 17.6 Å². The molecule has 0 unspecified atom stereocenters. The Hall–Kier alpha value is -1.66. The molecule has 0 spiro atoms. The topological polar surface area (TPSA) is 101 Å². The Morgan fingerprint density at radius 2 is 1.95 bits per heavy atom. The number of carbonyl (C=O) groups is 1. The molecule has 0 amide bonds. The summed E-state index contributed by atoms with van der Waals surface area (Å²) in [4.78, 5) is 11.8. The van der Waals surface area contributed by atoms with Crippen LogP contribution in [-0.2, 0) is 17.6 Å². The number of nitrogens with one attached hydrogen (secondary N) is 1. The number of aryl methyl sites for hydroxylation is 2. The van der Waals surface area contributed by atoms with Crippen molar-refractivity contribution in [3.05, 3.63) is 40.1 Å². The van der Waals surface area contributed by atoms with Gasteiger partial charge in [-0.1, -0.05) is 17.8 Å². The van der Waals surface area contributed by atoms with Crippen LogP contribution >= 0.6 is 11.8 Å². The SMILES string of the molecule is NN/C(C(=O)O)=C(\N)Sc1ccc2c(c1)CCCC2. The van der Waals surface area contributed by atoms with Gasteiger partial charge in [0.25, 0.3) is 0 Å². The molecule has 1 aliphatic carbocycles. The minimum Gasteiger partial charge on any atom is -0.476 e. The first-order valence-electron chi connectivity index (χ1n) is 6.11. The van der Waals surface area contributed by atoms with Crippen LogP contribution in [0.4, 0.5) is 0 Å². The normalized spacial score (nSPS) is 15.4. The van der Waals surface area contributed by atoms with E-state index in [0.29, 0.717) is 0 Å². The van der Waals surface area contributed by atoms with E-state index in [-0.39, 0.29) is 10.7 Å². The summed E-state index contributed by atoms with van der Waals surface area (Å²) in [5.74, 6) is 4.00. The van der Waals surface area contributed by atoms with E-state index in [0.717, 1.165) is 17.7 Å². The Morgan fingerprint density at radius 1 is 1.26 bits per heavy atom. The molecule has 2 rings (SSSR count). The van der Waals surface area contributed by atoms with Crippen LogP contribution in [0.2, 0.25) is 0 Å². The summed E-state index contributed by atoms with van der Waals surface area (Å²) < 4.78 is 0. The van der Waals surface area contributed by atoms with Crippen LogP contribution in [-0.4, -0.2) is 11.1 Å². The highest BCUT2D eigenvalue weighted by Crippen LogP contribution is 2.29. The maximum atomic E-state index is 10.9. The van der Waals surface area contributed by atoms with Crippen molar-refractivity contribution in [2.45, 2.75) is 30.6 Å². The van der Waals surface area contributed by atoms with Crippen molar-refractivity contribution in [2.75, 3.05) is 0 Å². The zero-order valence-corrected chi connectivity index (χ0v) is 11.3. The standard InChI is InChI=1S/C13H17N3O2S/c14-12(11(16-15)13(17)18)19-10-6-5-8-3-1-2-4-9(8)7-10/h5-7,16H,1-4,14-15H2,(H,17,18)/b12-11+. The number of nitrogens with two attached hydrogens (primary N) is 2. The highest BCUT2D eigenvalue weighted by Gasteiger charge is 2.14. The van der Waals surface area contributed by atoms with Crippen molar-refractivity contribution in [2.24, 2.45) is 11.6 Å². The highest BCUT2D eigenvalue weighted by molar-refractivity contribution is 8.03. The first kappa shape index (κ1) is 13.8. The molecule has 5 nitrogen and oxygen atoms in total. The van der Waals surface area contributed by atoms with E-state index >= 15 is 0 Å². The predicted octanol–water partition coefficient (Wildman–Crippen LogP) is 1.33. The van der Waals surface area contributed by atoms with Gasteiger partial charge in [-0.05, 0) is 48.9 Å². The monoisotopic (exact) mass is 279 g/mol. The van der Waals surface area contributed by atoms with Crippen LogP contribution < -0.4 is 17.0 Å². The van der Waals surface area contributed by atoms with Crippen molar-refractivity contribution < 1.29 is 9.90 Å². The lowest BCUT2D eigenvalue weighted by atomic mass is 9.92. The van der Waals surface area contributed by atoms with Crippen molar-refractivity contribution >= 4 is 17.7 Å². The third-order valence-electron chi connectivity index (χ3n) is 3.15. The molecule has 0 aliphatic heterocycles. The fourth-order valence-corrected chi connectivity index (χ4v) is 3.03. The van der Waals surface area contributed by atoms with Gasteiger partial charge in [-0.25, -0.2) is 4.79 Å². The highest BCUT2D eigenvalue weighted by atomic mass is 32.2. The lowest BCUT2D eigenvalue weighted by molar-refractivity contribution is -0.133. The van der Waals surface area contributed by atoms with Gasteiger partial charge in [0.05, 0.1) is 0 Å². The number of carboxylic acid groups (broad SMARTS) is 1. The molecule has 1 aromatic rings. The Labute approximate surface area is 116 Å². The quantitative estimate of drug-likeness (QED) is 0.287. The summed E-state index contributed by atoms with van der Waals surface area (Å²) in [5, 5.41) is 9.08. The molecule has 0 aromatic heterocycles.